The molecule has 4 heterocycles. The number of carbonyl (C=O) groups is 2. The maximum Gasteiger partial charge on any atom is 0.276 e. The second-order valence-electron chi connectivity index (χ2n) is 9.18. The lowest BCUT2D eigenvalue weighted by Crippen LogP contribution is -2.56. The molecule has 0 N–H and O–H groups in total. The van der Waals surface area contributed by atoms with E-state index in [2.05, 4.69) is 15.2 Å². The van der Waals surface area contributed by atoms with E-state index in [1.165, 1.54) is 0 Å². The predicted octanol–water partition coefficient (Wildman–Crippen LogP) is 2.25. The summed E-state index contributed by atoms with van der Waals surface area (Å²) < 4.78 is 12.7. The van der Waals surface area contributed by atoms with Crippen LogP contribution in [0.4, 0.5) is 0 Å². The van der Waals surface area contributed by atoms with Crippen molar-refractivity contribution in [1.82, 2.24) is 24.7 Å². The number of aromatic nitrogens is 3. The molecule has 1 aliphatic carbocycles. The summed E-state index contributed by atoms with van der Waals surface area (Å²) in [5.74, 6) is 0.945. The van der Waals surface area contributed by atoms with Crippen LogP contribution in [0, 0.1) is 12.8 Å². The smallest absolute Gasteiger partial charge is 0.276 e. The molecule has 0 aromatic carbocycles. The first-order valence-corrected chi connectivity index (χ1v) is 11.7. The van der Waals surface area contributed by atoms with Crippen molar-refractivity contribution in [2.75, 3.05) is 26.3 Å². The first kappa shape index (κ1) is 21.2. The molecule has 0 bridgehead atoms. The van der Waals surface area contributed by atoms with Crippen molar-refractivity contribution in [2.45, 2.75) is 64.1 Å². The summed E-state index contributed by atoms with van der Waals surface area (Å²) >= 11 is 0. The average Bonchev–Trinajstić information content (AvgIpc) is 3.44. The Morgan fingerprint density at radius 3 is 2.69 bits per heavy atom. The van der Waals surface area contributed by atoms with Gasteiger partial charge in [0, 0.05) is 62.3 Å². The van der Waals surface area contributed by atoms with E-state index < -0.39 is 0 Å². The van der Waals surface area contributed by atoms with Crippen LogP contribution in [0.1, 0.15) is 60.3 Å². The van der Waals surface area contributed by atoms with E-state index in [0.717, 1.165) is 44.1 Å². The highest BCUT2D eigenvalue weighted by molar-refractivity contribution is 5.94. The van der Waals surface area contributed by atoms with Gasteiger partial charge < -0.3 is 19.1 Å². The van der Waals surface area contributed by atoms with Crippen LogP contribution < -0.4 is 0 Å². The summed E-state index contributed by atoms with van der Waals surface area (Å²) in [7, 11) is 0. The van der Waals surface area contributed by atoms with Crippen molar-refractivity contribution in [3.63, 3.8) is 0 Å². The van der Waals surface area contributed by atoms with Gasteiger partial charge in [0.05, 0.1) is 6.54 Å². The molecule has 2 saturated heterocycles. The lowest BCUT2D eigenvalue weighted by Gasteiger charge is -2.44. The average molecular weight is 442 g/mol. The molecule has 172 valence electrons. The summed E-state index contributed by atoms with van der Waals surface area (Å²) in [5, 5.41) is 8.34. The minimum Gasteiger partial charge on any atom is -0.381 e. The molecule has 5 rings (SSSR count). The van der Waals surface area contributed by atoms with Gasteiger partial charge in [-0.25, -0.2) is 0 Å². The van der Waals surface area contributed by atoms with Gasteiger partial charge >= 0.3 is 0 Å². The highest BCUT2D eigenvalue weighted by Gasteiger charge is 2.42. The molecule has 9 heteroatoms. The molecule has 1 saturated carbocycles. The standard InChI is InChI=1S/C23H31N5O4/c1-16-20(15-27-11-3-9-24-27)21(25-32-16)23(30)26-10-2-4-19(14-26)28(22(29)17-5-6-17)18-7-12-31-13-8-18/h3,9,11,17-19H,2,4-8,10,12-15H2,1H3. The van der Waals surface area contributed by atoms with Gasteiger partial charge in [0.15, 0.2) is 5.69 Å². The van der Waals surface area contributed by atoms with Crippen molar-refractivity contribution >= 4 is 11.8 Å². The highest BCUT2D eigenvalue weighted by Crippen LogP contribution is 2.35. The third-order valence-electron chi connectivity index (χ3n) is 6.91. The Morgan fingerprint density at radius 1 is 1.16 bits per heavy atom. The van der Waals surface area contributed by atoms with Crippen molar-refractivity contribution in [3.05, 3.63) is 35.5 Å². The Hall–Kier alpha value is -2.68. The molecule has 9 nitrogen and oxygen atoms in total. The Labute approximate surface area is 187 Å². The van der Waals surface area contributed by atoms with E-state index in [4.69, 9.17) is 9.26 Å². The molecule has 2 aliphatic heterocycles. The van der Waals surface area contributed by atoms with Crippen molar-refractivity contribution in [3.8, 4) is 0 Å². The summed E-state index contributed by atoms with van der Waals surface area (Å²) in [5.41, 5.74) is 1.11. The molecule has 3 aliphatic rings. The van der Waals surface area contributed by atoms with Crippen LogP contribution >= 0.6 is 0 Å². The van der Waals surface area contributed by atoms with Gasteiger partial charge in [-0.2, -0.15) is 5.10 Å². The fourth-order valence-corrected chi connectivity index (χ4v) is 4.98. The Kier molecular flexibility index (Phi) is 5.99. The molecular formula is C23H31N5O4. The molecule has 32 heavy (non-hydrogen) atoms. The van der Waals surface area contributed by atoms with Crippen LogP contribution in [0.25, 0.3) is 0 Å². The molecule has 2 amide bonds. The molecule has 0 spiro atoms. The maximum atomic E-state index is 13.5. The first-order chi connectivity index (χ1) is 15.6. The summed E-state index contributed by atoms with van der Waals surface area (Å²) in [6.45, 7) is 4.87. The quantitative estimate of drug-likeness (QED) is 0.683. The number of rotatable bonds is 6. The summed E-state index contributed by atoms with van der Waals surface area (Å²) in [4.78, 5) is 30.7. The zero-order chi connectivity index (χ0) is 22.1. The van der Waals surface area contributed by atoms with E-state index in [-0.39, 0.29) is 29.8 Å². The van der Waals surface area contributed by atoms with E-state index >= 15 is 0 Å². The Bertz CT molecular complexity index is 946. The van der Waals surface area contributed by atoms with E-state index in [1.807, 2.05) is 24.1 Å². The number of ether oxygens (including phenoxy) is 1. The summed E-state index contributed by atoms with van der Waals surface area (Å²) in [6.07, 6.45) is 9.09. The second kappa shape index (κ2) is 9.05. The van der Waals surface area contributed by atoms with Crippen molar-refractivity contribution < 1.29 is 18.8 Å². The lowest BCUT2D eigenvalue weighted by molar-refractivity contribution is -0.141. The van der Waals surface area contributed by atoms with Gasteiger partial charge in [-0.1, -0.05) is 5.16 Å². The zero-order valence-corrected chi connectivity index (χ0v) is 18.6. The number of hydrogen-bond donors (Lipinski definition) is 0. The minimum atomic E-state index is -0.125. The SMILES string of the molecule is Cc1onc(C(=O)N2CCCC(N(C(=O)C3CC3)C3CCOCC3)C2)c1Cn1cccn1. The number of hydrogen-bond acceptors (Lipinski definition) is 6. The molecule has 1 unspecified atom stereocenters. The topological polar surface area (TPSA) is 93.7 Å². The minimum absolute atomic E-state index is 0.0477. The summed E-state index contributed by atoms with van der Waals surface area (Å²) in [6, 6.07) is 2.11. The number of amides is 2. The van der Waals surface area contributed by atoms with Crippen LogP contribution in [0.2, 0.25) is 0 Å². The van der Waals surface area contributed by atoms with Gasteiger partial charge in [0.25, 0.3) is 5.91 Å². The fourth-order valence-electron chi connectivity index (χ4n) is 4.98. The number of piperidine rings is 1. The van der Waals surface area contributed by atoms with Crippen LogP contribution in [0.5, 0.6) is 0 Å². The van der Waals surface area contributed by atoms with Crippen LogP contribution in [-0.4, -0.2) is 74.9 Å². The van der Waals surface area contributed by atoms with Gasteiger partial charge in [-0.05, 0) is 51.5 Å². The first-order valence-electron chi connectivity index (χ1n) is 11.7. The van der Waals surface area contributed by atoms with Crippen LogP contribution in [-0.2, 0) is 16.1 Å². The second-order valence-corrected chi connectivity index (χ2v) is 9.18. The Morgan fingerprint density at radius 2 is 1.97 bits per heavy atom. The normalized spacial score (nSPS) is 22.2. The van der Waals surface area contributed by atoms with Gasteiger partial charge in [0.2, 0.25) is 5.91 Å². The largest absolute Gasteiger partial charge is 0.381 e. The number of carbonyl (C=O) groups excluding carboxylic acids is 2. The van der Waals surface area contributed by atoms with E-state index in [1.54, 1.807) is 10.9 Å². The van der Waals surface area contributed by atoms with Gasteiger partial charge in [-0.15, -0.1) is 0 Å². The van der Waals surface area contributed by atoms with Crippen molar-refractivity contribution in [2.24, 2.45) is 5.92 Å². The monoisotopic (exact) mass is 441 g/mol. The zero-order valence-electron chi connectivity index (χ0n) is 18.6. The number of likely N-dealkylation sites (tertiary alicyclic amines) is 1. The third kappa shape index (κ3) is 4.30. The van der Waals surface area contributed by atoms with Crippen molar-refractivity contribution in [1.29, 1.82) is 0 Å². The Balaban J connectivity index is 1.34. The van der Waals surface area contributed by atoms with E-state index in [0.29, 0.717) is 44.3 Å². The third-order valence-corrected chi connectivity index (χ3v) is 6.91. The predicted molar refractivity (Wildman–Crippen MR) is 115 cm³/mol. The molecular weight excluding hydrogens is 410 g/mol. The van der Waals surface area contributed by atoms with Gasteiger partial charge in [-0.3, -0.25) is 14.3 Å². The number of aryl methyl sites for hydroxylation is 1. The van der Waals surface area contributed by atoms with Gasteiger partial charge in [0.1, 0.15) is 5.76 Å². The fraction of sp³-hybridized carbons (Fsp3) is 0.652. The molecule has 3 fully saturated rings. The lowest BCUT2D eigenvalue weighted by atomic mass is 9.97. The molecule has 0 radical (unpaired) electrons. The highest BCUT2D eigenvalue weighted by atomic mass is 16.5. The maximum absolute atomic E-state index is 13.5. The van der Waals surface area contributed by atoms with Crippen LogP contribution in [0.3, 0.4) is 0 Å². The van der Waals surface area contributed by atoms with E-state index in [9.17, 15) is 9.59 Å². The molecule has 1 atom stereocenters. The molecule has 2 aromatic heterocycles. The van der Waals surface area contributed by atoms with Crippen LogP contribution in [0.15, 0.2) is 23.0 Å². The molecule has 2 aromatic rings. The number of nitrogens with zero attached hydrogens (tertiary/aromatic N) is 5.